The van der Waals surface area contributed by atoms with Gasteiger partial charge in [0.25, 0.3) is 5.56 Å². The number of nitrogens with one attached hydrogen (secondary N) is 1. The molecule has 1 aliphatic rings. The summed E-state index contributed by atoms with van der Waals surface area (Å²) in [6.45, 7) is 11.4. The number of anilines is 1. The van der Waals surface area contributed by atoms with Crippen molar-refractivity contribution in [2.24, 2.45) is 5.92 Å². The second kappa shape index (κ2) is 5.52. The van der Waals surface area contributed by atoms with E-state index in [2.05, 4.69) is 33.6 Å². The fourth-order valence-corrected chi connectivity index (χ4v) is 2.40. The summed E-state index contributed by atoms with van der Waals surface area (Å²) in [6, 6.07) is 1.59. The normalized spacial score (nSPS) is 17.4. The lowest BCUT2D eigenvalue weighted by Gasteiger charge is -2.36. The number of rotatable bonds is 3. The van der Waals surface area contributed by atoms with Gasteiger partial charge < -0.3 is 9.88 Å². The van der Waals surface area contributed by atoms with Gasteiger partial charge in [-0.2, -0.15) is 0 Å². The third kappa shape index (κ3) is 3.32. The van der Waals surface area contributed by atoms with Crippen LogP contribution in [-0.2, 0) is 0 Å². The van der Waals surface area contributed by atoms with Crippen molar-refractivity contribution in [1.29, 1.82) is 0 Å². The molecule has 5 heteroatoms. The smallest absolute Gasteiger partial charge is 0.252 e. The number of nitrogens with zero attached hydrogens (tertiary/aromatic N) is 3. The molecule has 2 rings (SSSR count). The standard InChI is InChI=1S/C13H22N4O/c1-10(2)9-16-4-6-17(7-5-16)12-8-13(18)15-11(3)14-12/h8,10H,4-7,9H2,1-3H3,(H,14,15,18). The molecule has 1 fully saturated rings. The molecule has 0 saturated carbocycles. The van der Waals surface area contributed by atoms with E-state index < -0.39 is 0 Å². The number of aromatic nitrogens is 2. The number of aromatic amines is 1. The van der Waals surface area contributed by atoms with Gasteiger partial charge in [-0.25, -0.2) is 4.98 Å². The Labute approximate surface area is 108 Å². The number of piperazine rings is 1. The molecule has 1 N–H and O–H groups in total. The largest absolute Gasteiger partial charge is 0.354 e. The average Bonchev–Trinajstić information content (AvgIpc) is 2.27. The highest BCUT2D eigenvalue weighted by Crippen LogP contribution is 2.12. The summed E-state index contributed by atoms with van der Waals surface area (Å²) in [5.41, 5.74) is -0.0675. The molecule has 5 nitrogen and oxygen atoms in total. The van der Waals surface area contributed by atoms with E-state index in [0.29, 0.717) is 11.7 Å². The monoisotopic (exact) mass is 250 g/mol. The van der Waals surface area contributed by atoms with E-state index in [0.717, 1.165) is 38.5 Å². The third-order valence-electron chi connectivity index (χ3n) is 3.17. The molecule has 0 spiro atoms. The highest BCUT2D eigenvalue weighted by Gasteiger charge is 2.18. The first-order valence-electron chi connectivity index (χ1n) is 6.60. The van der Waals surface area contributed by atoms with Crippen molar-refractivity contribution in [1.82, 2.24) is 14.9 Å². The van der Waals surface area contributed by atoms with Gasteiger partial charge in [0.05, 0.1) is 0 Å². The van der Waals surface area contributed by atoms with E-state index >= 15 is 0 Å². The van der Waals surface area contributed by atoms with Gasteiger partial charge in [-0.3, -0.25) is 9.69 Å². The Morgan fingerprint density at radius 1 is 1.33 bits per heavy atom. The van der Waals surface area contributed by atoms with E-state index in [4.69, 9.17) is 0 Å². The maximum absolute atomic E-state index is 11.4. The van der Waals surface area contributed by atoms with Crippen LogP contribution >= 0.6 is 0 Å². The summed E-state index contributed by atoms with van der Waals surface area (Å²) < 4.78 is 0. The van der Waals surface area contributed by atoms with Crippen molar-refractivity contribution in [3.63, 3.8) is 0 Å². The maximum atomic E-state index is 11.4. The number of aryl methyl sites for hydroxylation is 1. The van der Waals surface area contributed by atoms with Gasteiger partial charge in [0.2, 0.25) is 0 Å². The lowest BCUT2D eigenvalue weighted by molar-refractivity contribution is 0.231. The molecule has 18 heavy (non-hydrogen) atoms. The summed E-state index contributed by atoms with van der Waals surface area (Å²) in [5.74, 6) is 2.19. The van der Waals surface area contributed by atoms with Crippen molar-refractivity contribution in [3.8, 4) is 0 Å². The van der Waals surface area contributed by atoms with Crippen LogP contribution in [0.3, 0.4) is 0 Å². The fourth-order valence-electron chi connectivity index (χ4n) is 2.40. The van der Waals surface area contributed by atoms with Gasteiger partial charge in [-0.05, 0) is 12.8 Å². The molecule has 0 bridgehead atoms. The number of hydrogen-bond acceptors (Lipinski definition) is 4. The first-order chi connectivity index (χ1) is 8.54. The zero-order valence-corrected chi connectivity index (χ0v) is 11.4. The van der Waals surface area contributed by atoms with Crippen LogP contribution in [0.15, 0.2) is 10.9 Å². The highest BCUT2D eigenvalue weighted by atomic mass is 16.1. The Morgan fingerprint density at radius 3 is 2.56 bits per heavy atom. The van der Waals surface area contributed by atoms with E-state index in [-0.39, 0.29) is 5.56 Å². The first kappa shape index (κ1) is 13.1. The second-order valence-electron chi connectivity index (χ2n) is 5.37. The highest BCUT2D eigenvalue weighted by molar-refractivity contribution is 5.37. The molecule has 0 aliphatic carbocycles. The summed E-state index contributed by atoms with van der Waals surface area (Å²) in [5, 5.41) is 0. The molecule has 100 valence electrons. The van der Waals surface area contributed by atoms with Crippen molar-refractivity contribution in [2.75, 3.05) is 37.6 Å². The predicted octanol–water partition coefficient (Wildman–Crippen LogP) is 0.856. The van der Waals surface area contributed by atoms with Crippen LogP contribution in [-0.4, -0.2) is 47.6 Å². The van der Waals surface area contributed by atoms with Gasteiger partial charge in [0.1, 0.15) is 11.6 Å². The SMILES string of the molecule is Cc1nc(N2CCN(CC(C)C)CC2)cc(=O)[nH]1. The van der Waals surface area contributed by atoms with E-state index in [1.165, 1.54) is 0 Å². The van der Waals surface area contributed by atoms with Crippen LogP contribution in [0, 0.1) is 12.8 Å². The van der Waals surface area contributed by atoms with E-state index in [1.807, 2.05) is 6.92 Å². The average molecular weight is 250 g/mol. The van der Waals surface area contributed by atoms with Gasteiger partial charge in [-0.1, -0.05) is 13.8 Å². The van der Waals surface area contributed by atoms with Gasteiger partial charge in [0, 0.05) is 38.8 Å². The molecule has 0 unspecified atom stereocenters. The number of hydrogen-bond donors (Lipinski definition) is 1. The molecule has 0 atom stereocenters. The van der Waals surface area contributed by atoms with Gasteiger partial charge in [-0.15, -0.1) is 0 Å². The lowest BCUT2D eigenvalue weighted by atomic mass is 10.2. The molecule has 1 saturated heterocycles. The predicted molar refractivity (Wildman–Crippen MR) is 73.1 cm³/mol. The summed E-state index contributed by atoms with van der Waals surface area (Å²) in [7, 11) is 0. The van der Waals surface area contributed by atoms with Crippen LogP contribution in [0.5, 0.6) is 0 Å². The first-order valence-corrected chi connectivity index (χ1v) is 6.60. The lowest BCUT2D eigenvalue weighted by Crippen LogP contribution is -2.48. The molecule has 2 heterocycles. The zero-order valence-electron chi connectivity index (χ0n) is 11.4. The van der Waals surface area contributed by atoms with Crippen LogP contribution < -0.4 is 10.5 Å². The molecule has 0 radical (unpaired) electrons. The van der Waals surface area contributed by atoms with Crippen molar-refractivity contribution in [3.05, 3.63) is 22.2 Å². The molecule has 1 aromatic rings. The molecule has 0 amide bonds. The molecule has 1 aliphatic heterocycles. The van der Waals surface area contributed by atoms with Gasteiger partial charge >= 0.3 is 0 Å². The molecule has 0 aromatic carbocycles. The maximum Gasteiger partial charge on any atom is 0.252 e. The van der Waals surface area contributed by atoms with Gasteiger partial charge in [0.15, 0.2) is 0 Å². The minimum atomic E-state index is -0.0675. The van der Waals surface area contributed by atoms with E-state index in [1.54, 1.807) is 6.07 Å². The topological polar surface area (TPSA) is 52.2 Å². The van der Waals surface area contributed by atoms with Crippen LogP contribution in [0.1, 0.15) is 19.7 Å². The zero-order chi connectivity index (χ0) is 13.1. The van der Waals surface area contributed by atoms with Crippen molar-refractivity contribution in [2.45, 2.75) is 20.8 Å². The summed E-state index contributed by atoms with van der Waals surface area (Å²) in [4.78, 5) is 23.2. The van der Waals surface area contributed by atoms with Crippen LogP contribution in [0.2, 0.25) is 0 Å². The Kier molecular flexibility index (Phi) is 4.01. The molecular formula is C13H22N4O. The molecule has 1 aromatic heterocycles. The Morgan fingerprint density at radius 2 is 2.00 bits per heavy atom. The van der Waals surface area contributed by atoms with Crippen LogP contribution in [0.25, 0.3) is 0 Å². The second-order valence-corrected chi connectivity index (χ2v) is 5.37. The summed E-state index contributed by atoms with van der Waals surface area (Å²) >= 11 is 0. The minimum Gasteiger partial charge on any atom is -0.354 e. The Hall–Kier alpha value is -1.36. The Balaban J connectivity index is 1.99. The van der Waals surface area contributed by atoms with Crippen LogP contribution in [0.4, 0.5) is 5.82 Å². The number of H-pyrrole nitrogens is 1. The third-order valence-corrected chi connectivity index (χ3v) is 3.17. The Bertz CT molecular complexity index is 447. The minimum absolute atomic E-state index is 0.0675. The quantitative estimate of drug-likeness (QED) is 0.864. The van der Waals surface area contributed by atoms with Crippen molar-refractivity contribution < 1.29 is 0 Å². The molecular weight excluding hydrogens is 228 g/mol. The fraction of sp³-hybridized carbons (Fsp3) is 0.692. The van der Waals surface area contributed by atoms with Crippen molar-refractivity contribution >= 4 is 5.82 Å². The summed E-state index contributed by atoms with van der Waals surface area (Å²) in [6.07, 6.45) is 0. The van der Waals surface area contributed by atoms with E-state index in [9.17, 15) is 4.79 Å².